The first-order valence-electron chi connectivity index (χ1n) is 10.9. The summed E-state index contributed by atoms with van der Waals surface area (Å²) in [6.45, 7) is 3.67. The molecule has 172 valence electrons. The van der Waals surface area contributed by atoms with Gasteiger partial charge < -0.3 is 4.74 Å². The zero-order valence-corrected chi connectivity index (χ0v) is 18.9. The highest BCUT2D eigenvalue weighted by Gasteiger charge is 2.21. The number of ether oxygens (including phenoxy) is 1. The molecule has 0 atom stereocenters. The lowest BCUT2D eigenvalue weighted by Crippen LogP contribution is -2.44. The second-order valence-corrected chi connectivity index (χ2v) is 7.85. The number of para-hydroxylation sites is 1. The van der Waals surface area contributed by atoms with Gasteiger partial charge in [0.2, 0.25) is 0 Å². The van der Waals surface area contributed by atoms with E-state index >= 15 is 0 Å². The highest BCUT2D eigenvalue weighted by molar-refractivity contribution is 5.96. The van der Waals surface area contributed by atoms with Crippen LogP contribution in [0, 0.1) is 0 Å². The van der Waals surface area contributed by atoms with Gasteiger partial charge in [-0.15, -0.1) is 0 Å². The molecule has 0 spiro atoms. The molecule has 0 saturated heterocycles. The molecule has 0 radical (unpaired) electrons. The maximum absolute atomic E-state index is 12.8. The predicted octanol–water partition coefficient (Wildman–Crippen LogP) is 3.90. The fraction of sp³-hybridized carbons (Fsp3) is 0.154. The predicted molar refractivity (Wildman–Crippen MR) is 128 cm³/mol. The van der Waals surface area contributed by atoms with Crippen LogP contribution in [0.3, 0.4) is 0 Å². The van der Waals surface area contributed by atoms with Crippen molar-refractivity contribution in [3.63, 3.8) is 0 Å². The summed E-state index contributed by atoms with van der Waals surface area (Å²) in [5.41, 5.74) is 7.77. The SMILES string of the molecule is CC(C)c1c(C(=O)NNC(=O)COc2ccccc2-c2ccccc2)cnn1-c1ccccn1. The van der Waals surface area contributed by atoms with E-state index in [4.69, 9.17) is 4.74 Å². The first-order valence-corrected chi connectivity index (χ1v) is 10.9. The topological polar surface area (TPSA) is 98.1 Å². The summed E-state index contributed by atoms with van der Waals surface area (Å²) >= 11 is 0. The van der Waals surface area contributed by atoms with Crippen molar-refractivity contribution in [3.05, 3.63) is 96.4 Å². The van der Waals surface area contributed by atoms with E-state index < -0.39 is 11.8 Å². The van der Waals surface area contributed by atoms with Gasteiger partial charge >= 0.3 is 0 Å². The van der Waals surface area contributed by atoms with Crippen molar-refractivity contribution in [3.8, 4) is 22.7 Å². The van der Waals surface area contributed by atoms with E-state index in [-0.39, 0.29) is 12.5 Å². The minimum absolute atomic E-state index is 0.00113. The van der Waals surface area contributed by atoms with Crippen LogP contribution in [0.15, 0.2) is 85.2 Å². The maximum Gasteiger partial charge on any atom is 0.276 e. The quantitative estimate of drug-likeness (QED) is 0.412. The fourth-order valence-corrected chi connectivity index (χ4v) is 3.57. The molecule has 0 unspecified atom stereocenters. The Labute approximate surface area is 197 Å². The van der Waals surface area contributed by atoms with Crippen molar-refractivity contribution in [2.75, 3.05) is 6.61 Å². The number of amides is 2. The number of pyridine rings is 1. The summed E-state index contributed by atoms with van der Waals surface area (Å²) in [6, 6.07) is 22.7. The standard InChI is InChI=1S/C26H25N5O3/c1-18(2)25-21(16-28-31(25)23-14-8-9-15-27-23)26(33)30-29-24(32)17-34-22-13-7-6-12-20(22)19-10-4-3-5-11-19/h3-16,18H,17H2,1-2H3,(H,29,32)(H,30,33). The Bertz CT molecular complexity index is 1270. The number of carbonyl (C=O) groups is 2. The van der Waals surface area contributed by atoms with E-state index in [1.54, 1.807) is 16.9 Å². The molecule has 2 aromatic heterocycles. The number of benzene rings is 2. The summed E-state index contributed by atoms with van der Waals surface area (Å²) in [6.07, 6.45) is 3.13. The van der Waals surface area contributed by atoms with E-state index in [1.165, 1.54) is 6.20 Å². The number of aromatic nitrogens is 3. The summed E-state index contributed by atoms with van der Waals surface area (Å²) < 4.78 is 7.36. The highest BCUT2D eigenvalue weighted by atomic mass is 16.5. The van der Waals surface area contributed by atoms with Crippen molar-refractivity contribution in [1.82, 2.24) is 25.6 Å². The number of hydrogen-bond acceptors (Lipinski definition) is 5. The molecule has 4 rings (SSSR count). The highest BCUT2D eigenvalue weighted by Crippen LogP contribution is 2.29. The summed E-state index contributed by atoms with van der Waals surface area (Å²) in [5, 5.41) is 4.33. The van der Waals surface area contributed by atoms with Crippen molar-refractivity contribution in [1.29, 1.82) is 0 Å². The van der Waals surface area contributed by atoms with Gasteiger partial charge in [-0.2, -0.15) is 5.10 Å². The van der Waals surface area contributed by atoms with Crippen molar-refractivity contribution < 1.29 is 14.3 Å². The molecule has 0 aliphatic heterocycles. The van der Waals surface area contributed by atoms with Gasteiger partial charge in [0, 0.05) is 11.8 Å². The molecule has 34 heavy (non-hydrogen) atoms. The molecular weight excluding hydrogens is 430 g/mol. The van der Waals surface area contributed by atoms with Gasteiger partial charge in [0.25, 0.3) is 11.8 Å². The first-order chi connectivity index (χ1) is 16.5. The third-order valence-electron chi connectivity index (χ3n) is 5.11. The van der Waals surface area contributed by atoms with Crippen LogP contribution in [0.5, 0.6) is 5.75 Å². The van der Waals surface area contributed by atoms with E-state index in [1.807, 2.05) is 80.6 Å². The third kappa shape index (κ3) is 5.12. The average molecular weight is 456 g/mol. The van der Waals surface area contributed by atoms with Gasteiger partial charge in [-0.3, -0.25) is 20.4 Å². The van der Waals surface area contributed by atoms with Gasteiger partial charge in [0.05, 0.1) is 17.5 Å². The molecule has 2 heterocycles. The van der Waals surface area contributed by atoms with E-state index in [0.717, 1.165) is 11.1 Å². The van der Waals surface area contributed by atoms with Crippen LogP contribution in [0.25, 0.3) is 16.9 Å². The number of hydrogen-bond donors (Lipinski definition) is 2. The molecular formula is C26H25N5O3. The smallest absolute Gasteiger partial charge is 0.276 e. The van der Waals surface area contributed by atoms with Crippen molar-refractivity contribution >= 4 is 11.8 Å². The normalized spacial score (nSPS) is 10.7. The van der Waals surface area contributed by atoms with Gasteiger partial charge in [0.1, 0.15) is 5.75 Å². The molecule has 2 aromatic carbocycles. The Morgan fingerprint density at radius 1 is 0.941 bits per heavy atom. The largest absolute Gasteiger partial charge is 0.483 e. The van der Waals surface area contributed by atoms with Gasteiger partial charge in [0.15, 0.2) is 12.4 Å². The molecule has 0 aliphatic rings. The second kappa shape index (κ2) is 10.4. The number of hydrazine groups is 1. The zero-order chi connectivity index (χ0) is 23.9. The van der Waals surface area contributed by atoms with Gasteiger partial charge in [-0.25, -0.2) is 9.67 Å². The van der Waals surface area contributed by atoms with Crippen LogP contribution in [-0.4, -0.2) is 33.2 Å². The average Bonchev–Trinajstić information content (AvgIpc) is 3.33. The van der Waals surface area contributed by atoms with Gasteiger partial charge in [-0.05, 0) is 29.7 Å². The van der Waals surface area contributed by atoms with E-state index in [2.05, 4.69) is 20.9 Å². The Morgan fingerprint density at radius 2 is 1.68 bits per heavy atom. The first kappa shape index (κ1) is 22.7. The van der Waals surface area contributed by atoms with Crippen LogP contribution in [-0.2, 0) is 4.79 Å². The van der Waals surface area contributed by atoms with Gasteiger partial charge in [-0.1, -0.05) is 68.4 Å². The molecule has 0 saturated carbocycles. The Balaban J connectivity index is 1.39. The zero-order valence-electron chi connectivity index (χ0n) is 18.9. The second-order valence-electron chi connectivity index (χ2n) is 7.85. The molecule has 4 aromatic rings. The summed E-state index contributed by atoms with van der Waals surface area (Å²) in [5.74, 6) is 0.232. The monoisotopic (exact) mass is 455 g/mol. The van der Waals surface area contributed by atoms with Crippen LogP contribution in [0.4, 0.5) is 0 Å². The van der Waals surface area contributed by atoms with Crippen LogP contribution >= 0.6 is 0 Å². The van der Waals surface area contributed by atoms with E-state index in [0.29, 0.717) is 22.8 Å². The number of rotatable bonds is 7. The Hall–Kier alpha value is -4.46. The Kier molecular flexibility index (Phi) is 6.98. The van der Waals surface area contributed by atoms with Crippen LogP contribution < -0.4 is 15.6 Å². The lowest BCUT2D eigenvalue weighted by Gasteiger charge is -2.13. The van der Waals surface area contributed by atoms with Crippen molar-refractivity contribution in [2.24, 2.45) is 0 Å². The lowest BCUT2D eigenvalue weighted by atomic mass is 10.1. The molecule has 8 heteroatoms. The molecule has 0 aliphatic carbocycles. The maximum atomic E-state index is 12.8. The fourth-order valence-electron chi connectivity index (χ4n) is 3.57. The number of nitrogens with zero attached hydrogens (tertiary/aromatic N) is 3. The molecule has 0 fully saturated rings. The van der Waals surface area contributed by atoms with E-state index in [9.17, 15) is 9.59 Å². The lowest BCUT2D eigenvalue weighted by molar-refractivity contribution is -0.123. The molecule has 8 nitrogen and oxygen atoms in total. The number of nitrogens with one attached hydrogen (secondary N) is 2. The Morgan fingerprint density at radius 3 is 2.41 bits per heavy atom. The van der Waals surface area contributed by atoms with Crippen LogP contribution in [0.2, 0.25) is 0 Å². The number of carbonyl (C=O) groups excluding carboxylic acids is 2. The third-order valence-corrected chi connectivity index (χ3v) is 5.11. The van der Waals surface area contributed by atoms with Crippen molar-refractivity contribution in [2.45, 2.75) is 19.8 Å². The minimum atomic E-state index is -0.487. The van der Waals surface area contributed by atoms with Crippen LogP contribution in [0.1, 0.15) is 35.8 Å². The molecule has 2 N–H and O–H groups in total. The summed E-state index contributed by atoms with van der Waals surface area (Å²) in [4.78, 5) is 29.5. The summed E-state index contributed by atoms with van der Waals surface area (Å²) in [7, 11) is 0. The molecule has 0 bridgehead atoms. The minimum Gasteiger partial charge on any atom is -0.483 e. The molecule has 2 amide bonds.